The van der Waals surface area contributed by atoms with Gasteiger partial charge >= 0.3 is 0 Å². The van der Waals surface area contributed by atoms with E-state index in [1.165, 1.54) is 25.7 Å². The van der Waals surface area contributed by atoms with Crippen LogP contribution in [0.3, 0.4) is 0 Å². The van der Waals surface area contributed by atoms with Crippen molar-refractivity contribution in [3.8, 4) is 56.4 Å². The Morgan fingerprint density at radius 3 is 1.52 bits per heavy atom. The minimum atomic E-state index is 0.659. The number of hydrogen-bond donors (Lipinski definition) is 0. The fourth-order valence-corrected chi connectivity index (χ4v) is 8.04. The van der Waals surface area contributed by atoms with E-state index in [9.17, 15) is 0 Å². The van der Waals surface area contributed by atoms with Crippen LogP contribution in [0.15, 0.2) is 168 Å². The van der Waals surface area contributed by atoms with Gasteiger partial charge in [0.25, 0.3) is 0 Å². The van der Waals surface area contributed by atoms with E-state index < -0.39 is 0 Å². The van der Waals surface area contributed by atoms with Gasteiger partial charge in [-0.2, -0.15) is 0 Å². The quantitative estimate of drug-likeness (QED) is 0.185. The molecule has 7 aromatic carbocycles. The smallest absolute Gasteiger partial charge is 0.164 e. The normalized spacial score (nSPS) is 11.6. The van der Waals surface area contributed by atoms with Crippen LogP contribution in [-0.2, 0) is 0 Å². The molecule has 0 unspecified atom stereocenters. The zero-order chi connectivity index (χ0) is 33.0. The maximum Gasteiger partial charge on any atom is 0.164 e. The van der Waals surface area contributed by atoms with E-state index in [0.717, 1.165) is 55.3 Å². The van der Waals surface area contributed by atoms with Crippen molar-refractivity contribution in [2.24, 2.45) is 0 Å². The Hall–Kier alpha value is -6.43. The first-order chi connectivity index (χ1) is 24.7. The van der Waals surface area contributed by atoms with Gasteiger partial charge < -0.3 is 4.42 Å². The number of rotatable bonds is 5. The third-order valence-electron chi connectivity index (χ3n) is 9.33. The minimum Gasteiger partial charge on any atom is -0.455 e. The molecule has 0 saturated carbocycles. The summed E-state index contributed by atoms with van der Waals surface area (Å²) in [6.45, 7) is 0. The Labute approximate surface area is 292 Å². The summed E-state index contributed by atoms with van der Waals surface area (Å²) < 4.78 is 8.87. The van der Waals surface area contributed by atoms with Crippen molar-refractivity contribution in [2.45, 2.75) is 0 Å². The first kappa shape index (κ1) is 28.6. The van der Waals surface area contributed by atoms with Gasteiger partial charge in [-0.3, -0.25) is 0 Å². The first-order valence-corrected chi connectivity index (χ1v) is 17.4. The molecule has 234 valence electrons. The van der Waals surface area contributed by atoms with E-state index in [2.05, 4.69) is 91.0 Å². The molecule has 0 atom stereocenters. The number of furan rings is 1. The highest BCUT2D eigenvalue weighted by Gasteiger charge is 2.17. The number of nitrogens with zero attached hydrogens (tertiary/aromatic N) is 3. The fraction of sp³-hybridized carbons (Fsp3) is 0. The number of para-hydroxylation sites is 1. The maximum atomic E-state index is 6.44. The van der Waals surface area contributed by atoms with Crippen LogP contribution in [0.4, 0.5) is 0 Å². The molecule has 3 aromatic heterocycles. The molecule has 0 spiro atoms. The summed E-state index contributed by atoms with van der Waals surface area (Å²) in [4.78, 5) is 14.8. The molecular formula is C45H27N3OS. The second-order valence-corrected chi connectivity index (χ2v) is 13.5. The number of hydrogen-bond acceptors (Lipinski definition) is 5. The topological polar surface area (TPSA) is 51.8 Å². The molecule has 0 aliphatic heterocycles. The highest BCUT2D eigenvalue weighted by molar-refractivity contribution is 7.25. The molecule has 0 bridgehead atoms. The van der Waals surface area contributed by atoms with Crippen molar-refractivity contribution in [1.29, 1.82) is 0 Å². The van der Waals surface area contributed by atoms with Crippen molar-refractivity contribution in [1.82, 2.24) is 15.0 Å². The van der Waals surface area contributed by atoms with Crippen LogP contribution in [-0.4, -0.2) is 15.0 Å². The molecule has 0 fully saturated rings. The van der Waals surface area contributed by atoms with E-state index in [-0.39, 0.29) is 0 Å². The van der Waals surface area contributed by atoms with Gasteiger partial charge in [-0.05, 0) is 47.0 Å². The summed E-state index contributed by atoms with van der Waals surface area (Å²) in [5, 5.41) is 4.72. The van der Waals surface area contributed by atoms with Gasteiger partial charge in [0, 0.05) is 53.2 Å². The zero-order valence-corrected chi connectivity index (χ0v) is 27.6. The van der Waals surface area contributed by atoms with Gasteiger partial charge in [0.05, 0.1) is 0 Å². The van der Waals surface area contributed by atoms with Crippen molar-refractivity contribution in [3.63, 3.8) is 0 Å². The highest BCUT2D eigenvalue weighted by atomic mass is 32.1. The maximum absolute atomic E-state index is 6.44. The molecule has 0 N–H and O–H groups in total. The SMILES string of the molecule is c1ccc(-c2nc(-c3ccccc3)nc(-c3ccc4c(c3)sc3cc(-c5cc(-c6ccccc6)c6oc7ccccc7c6c5)ccc34)n2)cc1. The third-order valence-corrected chi connectivity index (χ3v) is 10.4. The molecule has 0 saturated heterocycles. The molecule has 0 amide bonds. The average molecular weight is 658 g/mol. The van der Waals surface area contributed by atoms with Crippen molar-refractivity contribution < 1.29 is 4.42 Å². The van der Waals surface area contributed by atoms with Crippen molar-refractivity contribution in [3.05, 3.63) is 164 Å². The molecule has 50 heavy (non-hydrogen) atoms. The number of benzene rings is 7. The van der Waals surface area contributed by atoms with E-state index in [0.29, 0.717) is 17.5 Å². The zero-order valence-electron chi connectivity index (χ0n) is 26.7. The summed E-state index contributed by atoms with van der Waals surface area (Å²) in [6, 6.07) is 56.9. The standard InChI is InChI=1S/C45H27N3OS/c1-4-12-28(13-5-1)37-24-33(25-38-34-18-10-11-19-39(34)49-42(37)38)31-20-22-35-36-23-21-32(27-41(36)50-40(35)26-31)45-47-43(29-14-6-2-7-15-29)46-44(48-45)30-16-8-3-9-17-30/h1-27H. The van der Waals surface area contributed by atoms with Gasteiger partial charge in [-0.25, -0.2) is 15.0 Å². The van der Waals surface area contributed by atoms with Crippen LogP contribution in [0.5, 0.6) is 0 Å². The molecule has 0 aliphatic carbocycles. The molecule has 3 heterocycles. The molecule has 10 rings (SSSR count). The van der Waals surface area contributed by atoms with Crippen LogP contribution < -0.4 is 0 Å². The third kappa shape index (κ3) is 4.87. The monoisotopic (exact) mass is 657 g/mol. The van der Waals surface area contributed by atoms with Crippen LogP contribution in [0.2, 0.25) is 0 Å². The van der Waals surface area contributed by atoms with E-state index >= 15 is 0 Å². The Kier molecular flexibility index (Phi) is 6.64. The number of thiophene rings is 1. The largest absolute Gasteiger partial charge is 0.455 e. The molecule has 0 radical (unpaired) electrons. The van der Waals surface area contributed by atoms with E-state index in [1.54, 1.807) is 11.3 Å². The first-order valence-electron chi connectivity index (χ1n) is 16.6. The van der Waals surface area contributed by atoms with E-state index in [4.69, 9.17) is 19.4 Å². The predicted molar refractivity (Wildman–Crippen MR) is 207 cm³/mol. The summed E-state index contributed by atoms with van der Waals surface area (Å²) >= 11 is 1.80. The number of fused-ring (bicyclic) bond motifs is 6. The second-order valence-electron chi connectivity index (χ2n) is 12.4. The number of aromatic nitrogens is 3. The lowest BCUT2D eigenvalue weighted by molar-refractivity contribution is 0.670. The Bertz CT molecular complexity index is 2800. The van der Waals surface area contributed by atoms with Crippen LogP contribution >= 0.6 is 11.3 Å². The van der Waals surface area contributed by atoms with Crippen molar-refractivity contribution >= 4 is 53.4 Å². The summed E-state index contributed by atoms with van der Waals surface area (Å²) in [5.74, 6) is 1.98. The van der Waals surface area contributed by atoms with Gasteiger partial charge in [0.15, 0.2) is 17.5 Å². The Morgan fingerprint density at radius 2 is 0.880 bits per heavy atom. The molecular weight excluding hydrogens is 631 g/mol. The van der Waals surface area contributed by atoms with Crippen LogP contribution in [0, 0.1) is 0 Å². The van der Waals surface area contributed by atoms with Gasteiger partial charge in [0.2, 0.25) is 0 Å². The fourth-order valence-electron chi connectivity index (χ4n) is 6.86. The lowest BCUT2D eigenvalue weighted by Crippen LogP contribution is -1.99. The van der Waals surface area contributed by atoms with Crippen LogP contribution in [0.1, 0.15) is 0 Å². The predicted octanol–water partition coefficient (Wildman–Crippen LogP) is 12.5. The highest BCUT2D eigenvalue weighted by Crippen LogP contribution is 2.42. The van der Waals surface area contributed by atoms with E-state index in [1.807, 2.05) is 72.8 Å². The molecule has 5 heteroatoms. The molecule has 4 nitrogen and oxygen atoms in total. The Balaban J connectivity index is 1.10. The molecule has 10 aromatic rings. The summed E-state index contributed by atoms with van der Waals surface area (Å²) in [6.07, 6.45) is 0. The van der Waals surface area contributed by atoms with Gasteiger partial charge in [-0.15, -0.1) is 11.3 Å². The second kappa shape index (κ2) is 11.6. The Morgan fingerprint density at radius 1 is 0.360 bits per heavy atom. The average Bonchev–Trinajstić information content (AvgIpc) is 3.76. The van der Waals surface area contributed by atoms with Crippen molar-refractivity contribution in [2.75, 3.05) is 0 Å². The lowest BCUT2D eigenvalue weighted by Gasteiger charge is -2.09. The summed E-state index contributed by atoms with van der Waals surface area (Å²) in [7, 11) is 0. The van der Waals surface area contributed by atoms with Gasteiger partial charge in [0.1, 0.15) is 11.2 Å². The molecule has 0 aliphatic rings. The van der Waals surface area contributed by atoms with Crippen LogP contribution in [0.25, 0.3) is 98.5 Å². The lowest BCUT2D eigenvalue weighted by atomic mass is 9.95. The summed E-state index contributed by atoms with van der Waals surface area (Å²) in [5.41, 5.74) is 9.27. The van der Waals surface area contributed by atoms with Gasteiger partial charge in [-0.1, -0.05) is 133 Å². The minimum absolute atomic E-state index is 0.659.